The summed E-state index contributed by atoms with van der Waals surface area (Å²) in [5.74, 6) is -1.17. The van der Waals surface area contributed by atoms with Gasteiger partial charge in [-0.25, -0.2) is 0 Å². The summed E-state index contributed by atoms with van der Waals surface area (Å²) >= 11 is 0. The molecule has 0 fully saturated rings. The number of aromatic amines is 1. The molecule has 5 heteroatoms. The predicted molar refractivity (Wildman–Crippen MR) is 54.7 cm³/mol. The molecule has 0 aromatic carbocycles. The maximum absolute atomic E-state index is 11.6. The van der Waals surface area contributed by atoms with E-state index in [4.69, 9.17) is 5.11 Å². The van der Waals surface area contributed by atoms with Crippen LogP contribution in [0.4, 0.5) is 0 Å². The number of H-pyrrole nitrogens is 1. The molecular formula is C10H14N2O3. The van der Waals surface area contributed by atoms with Gasteiger partial charge in [-0.05, 0) is 19.4 Å². The fourth-order valence-corrected chi connectivity index (χ4v) is 1.30. The first kappa shape index (κ1) is 11.3. The van der Waals surface area contributed by atoms with Crippen LogP contribution >= 0.6 is 0 Å². The Balaban J connectivity index is 2.56. The number of carboxylic acid groups (broad SMARTS) is 1. The number of aryl methyl sites for hydroxylation is 1. The molecule has 1 aromatic heterocycles. The van der Waals surface area contributed by atoms with E-state index >= 15 is 0 Å². The molecule has 1 rings (SSSR count). The molecule has 1 heterocycles. The molecule has 0 aliphatic heterocycles. The van der Waals surface area contributed by atoms with Gasteiger partial charge in [0.2, 0.25) is 0 Å². The van der Waals surface area contributed by atoms with Crippen molar-refractivity contribution in [2.24, 2.45) is 0 Å². The second-order valence-electron chi connectivity index (χ2n) is 3.52. The lowest BCUT2D eigenvalue weighted by molar-refractivity contribution is -0.137. The van der Waals surface area contributed by atoms with Crippen LogP contribution in [-0.4, -0.2) is 28.0 Å². The first-order chi connectivity index (χ1) is 7.00. The van der Waals surface area contributed by atoms with E-state index in [-0.39, 0.29) is 18.4 Å². The van der Waals surface area contributed by atoms with Gasteiger partial charge in [0, 0.05) is 18.4 Å². The molecule has 0 saturated carbocycles. The van der Waals surface area contributed by atoms with Crippen LogP contribution < -0.4 is 5.32 Å². The first-order valence-electron chi connectivity index (χ1n) is 4.66. The second-order valence-corrected chi connectivity index (χ2v) is 3.52. The summed E-state index contributed by atoms with van der Waals surface area (Å²) in [7, 11) is 0. The third kappa shape index (κ3) is 3.12. The molecule has 1 aromatic rings. The number of nitrogens with one attached hydrogen (secondary N) is 2. The van der Waals surface area contributed by atoms with Crippen molar-refractivity contribution in [3.63, 3.8) is 0 Å². The Morgan fingerprint density at radius 2 is 2.20 bits per heavy atom. The van der Waals surface area contributed by atoms with Crippen molar-refractivity contribution in [2.45, 2.75) is 26.3 Å². The quantitative estimate of drug-likeness (QED) is 0.691. The summed E-state index contributed by atoms with van der Waals surface area (Å²) in [6.07, 6.45) is 3.24. The first-order valence-corrected chi connectivity index (χ1v) is 4.66. The summed E-state index contributed by atoms with van der Waals surface area (Å²) in [4.78, 5) is 24.8. The lowest BCUT2D eigenvalue weighted by Gasteiger charge is -2.10. The summed E-state index contributed by atoms with van der Waals surface area (Å²) < 4.78 is 0. The lowest BCUT2D eigenvalue weighted by Crippen LogP contribution is -2.34. The third-order valence-corrected chi connectivity index (χ3v) is 2.06. The summed E-state index contributed by atoms with van der Waals surface area (Å²) in [6, 6.07) is -0.371. The number of carbonyl (C=O) groups is 2. The third-order valence-electron chi connectivity index (χ3n) is 2.06. The van der Waals surface area contributed by atoms with E-state index in [0.717, 1.165) is 5.56 Å². The van der Waals surface area contributed by atoms with Gasteiger partial charge in [-0.2, -0.15) is 0 Å². The van der Waals surface area contributed by atoms with Gasteiger partial charge < -0.3 is 15.4 Å². The van der Waals surface area contributed by atoms with E-state index in [2.05, 4.69) is 10.3 Å². The molecule has 3 N–H and O–H groups in total. The van der Waals surface area contributed by atoms with Crippen LogP contribution in [0.1, 0.15) is 29.3 Å². The van der Waals surface area contributed by atoms with Crippen molar-refractivity contribution in [1.82, 2.24) is 10.3 Å². The molecule has 0 radical (unpaired) electrons. The van der Waals surface area contributed by atoms with Crippen LogP contribution in [-0.2, 0) is 4.79 Å². The van der Waals surface area contributed by atoms with Crippen LogP contribution in [0.5, 0.6) is 0 Å². The van der Waals surface area contributed by atoms with Gasteiger partial charge in [-0.15, -0.1) is 0 Å². The fraction of sp³-hybridized carbons (Fsp3) is 0.400. The molecule has 0 aliphatic rings. The second kappa shape index (κ2) is 4.63. The minimum Gasteiger partial charge on any atom is -0.481 e. The van der Waals surface area contributed by atoms with Gasteiger partial charge in [0.05, 0.1) is 12.0 Å². The Bertz CT molecular complexity index is 370. The number of carboxylic acids is 1. The number of hydrogen-bond donors (Lipinski definition) is 3. The van der Waals surface area contributed by atoms with E-state index < -0.39 is 5.97 Å². The molecule has 0 saturated heterocycles. The van der Waals surface area contributed by atoms with Gasteiger partial charge in [-0.3, -0.25) is 9.59 Å². The zero-order chi connectivity index (χ0) is 11.4. The highest BCUT2D eigenvalue weighted by molar-refractivity contribution is 5.95. The minimum atomic E-state index is -0.923. The smallest absolute Gasteiger partial charge is 0.305 e. The molecule has 1 amide bonds. The number of hydrogen-bond acceptors (Lipinski definition) is 2. The van der Waals surface area contributed by atoms with E-state index in [0.29, 0.717) is 5.56 Å². The highest BCUT2D eigenvalue weighted by Crippen LogP contribution is 2.06. The van der Waals surface area contributed by atoms with Crippen molar-refractivity contribution in [1.29, 1.82) is 0 Å². The van der Waals surface area contributed by atoms with Crippen molar-refractivity contribution < 1.29 is 14.7 Å². The largest absolute Gasteiger partial charge is 0.481 e. The van der Waals surface area contributed by atoms with Crippen molar-refractivity contribution in [3.8, 4) is 0 Å². The highest BCUT2D eigenvalue weighted by Gasteiger charge is 2.14. The van der Waals surface area contributed by atoms with Gasteiger partial charge in [0.15, 0.2) is 0 Å². The molecule has 1 atom stereocenters. The predicted octanol–water partition coefficient (Wildman–Crippen LogP) is 0.916. The Labute approximate surface area is 87.5 Å². The van der Waals surface area contributed by atoms with Crippen LogP contribution in [0.3, 0.4) is 0 Å². The summed E-state index contributed by atoms with van der Waals surface area (Å²) in [5.41, 5.74) is 1.39. The number of rotatable bonds is 4. The zero-order valence-corrected chi connectivity index (χ0v) is 8.70. The SMILES string of the molecule is Cc1c[nH]cc1C(=O)NC(C)CC(=O)O. The van der Waals surface area contributed by atoms with E-state index in [1.54, 1.807) is 19.3 Å². The normalized spacial score (nSPS) is 12.1. The Hall–Kier alpha value is -1.78. The average Bonchev–Trinajstić information content (AvgIpc) is 2.49. The van der Waals surface area contributed by atoms with Crippen molar-refractivity contribution in [3.05, 3.63) is 23.5 Å². The van der Waals surface area contributed by atoms with E-state index in [1.807, 2.05) is 6.92 Å². The minimum absolute atomic E-state index is 0.0742. The maximum Gasteiger partial charge on any atom is 0.305 e. The van der Waals surface area contributed by atoms with Crippen LogP contribution in [0, 0.1) is 6.92 Å². The van der Waals surface area contributed by atoms with Gasteiger partial charge >= 0.3 is 5.97 Å². The number of aliphatic carboxylic acids is 1. The van der Waals surface area contributed by atoms with Gasteiger partial charge in [0.1, 0.15) is 0 Å². The summed E-state index contributed by atoms with van der Waals surface area (Å²) in [6.45, 7) is 3.47. The standard InChI is InChI=1S/C10H14N2O3/c1-6-4-11-5-8(6)10(15)12-7(2)3-9(13)14/h4-5,7,11H,3H2,1-2H3,(H,12,15)(H,13,14). The molecule has 82 valence electrons. The highest BCUT2D eigenvalue weighted by atomic mass is 16.4. The zero-order valence-electron chi connectivity index (χ0n) is 8.70. The Kier molecular flexibility index (Phi) is 3.49. The molecular weight excluding hydrogens is 196 g/mol. The van der Waals surface area contributed by atoms with Crippen molar-refractivity contribution in [2.75, 3.05) is 0 Å². The number of carbonyl (C=O) groups excluding carboxylic acids is 1. The van der Waals surface area contributed by atoms with Crippen LogP contribution in [0.15, 0.2) is 12.4 Å². The monoisotopic (exact) mass is 210 g/mol. The number of amides is 1. The van der Waals surface area contributed by atoms with E-state index in [1.165, 1.54) is 0 Å². The molecule has 0 aliphatic carbocycles. The summed E-state index contributed by atoms with van der Waals surface area (Å²) in [5, 5.41) is 11.1. The Morgan fingerprint density at radius 1 is 1.53 bits per heavy atom. The molecule has 15 heavy (non-hydrogen) atoms. The average molecular weight is 210 g/mol. The Morgan fingerprint density at radius 3 is 2.67 bits per heavy atom. The fourth-order valence-electron chi connectivity index (χ4n) is 1.30. The van der Waals surface area contributed by atoms with Crippen LogP contribution in [0.2, 0.25) is 0 Å². The van der Waals surface area contributed by atoms with Gasteiger partial charge in [0.25, 0.3) is 5.91 Å². The van der Waals surface area contributed by atoms with Gasteiger partial charge in [-0.1, -0.05) is 0 Å². The molecule has 1 unspecified atom stereocenters. The lowest BCUT2D eigenvalue weighted by atomic mass is 10.2. The maximum atomic E-state index is 11.6. The molecule has 5 nitrogen and oxygen atoms in total. The van der Waals surface area contributed by atoms with Crippen LogP contribution in [0.25, 0.3) is 0 Å². The van der Waals surface area contributed by atoms with Crippen molar-refractivity contribution >= 4 is 11.9 Å². The topological polar surface area (TPSA) is 82.2 Å². The molecule has 0 spiro atoms. The van der Waals surface area contributed by atoms with E-state index in [9.17, 15) is 9.59 Å². The molecule has 0 bridgehead atoms. The number of aromatic nitrogens is 1.